The van der Waals surface area contributed by atoms with Gasteiger partial charge in [0.1, 0.15) is 23.9 Å². The van der Waals surface area contributed by atoms with Gasteiger partial charge in [-0.05, 0) is 19.1 Å². The predicted molar refractivity (Wildman–Crippen MR) is 119 cm³/mol. The number of nitrogens with two attached hydrogens (primary N) is 1. The molecule has 0 radical (unpaired) electrons. The third-order valence-corrected chi connectivity index (χ3v) is 6.83. The molecule has 3 aromatic rings. The lowest BCUT2D eigenvalue weighted by Crippen LogP contribution is -2.65. The molecule has 176 valence electrons. The fourth-order valence-electron chi connectivity index (χ4n) is 3.38. The Morgan fingerprint density at radius 1 is 1.30 bits per heavy atom. The minimum atomic E-state index is -3.72. The van der Waals surface area contributed by atoms with Gasteiger partial charge in [0.25, 0.3) is 0 Å². The molecule has 12 nitrogen and oxygen atoms in total. The van der Waals surface area contributed by atoms with Crippen LogP contribution in [0.15, 0.2) is 43.0 Å². The van der Waals surface area contributed by atoms with Gasteiger partial charge in [-0.3, -0.25) is 4.57 Å². The maximum Gasteiger partial charge on any atom is 0.343 e. The molecule has 2 atom stereocenters. The van der Waals surface area contributed by atoms with E-state index in [1.54, 1.807) is 35.2 Å². The number of ether oxygens (including phenoxy) is 3. The van der Waals surface area contributed by atoms with Crippen molar-refractivity contribution in [1.29, 1.82) is 0 Å². The molecule has 0 spiro atoms. The van der Waals surface area contributed by atoms with Crippen molar-refractivity contribution in [3.63, 3.8) is 0 Å². The number of carbonyl (C=O) groups excluding carboxylic acids is 1. The highest BCUT2D eigenvalue weighted by molar-refractivity contribution is 7.57. The summed E-state index contributed by atoms with van der Waals surface area (Å²) in [6.45, 7) is 2.20. The Morgan fingerprint density at radius 2 is 2.06 bits per heavy atom. The van der Waals surface area contributed by atoms with E-state index in [2.05, 4.69) is 20.0 Å². The van der Waals surface area contributed by atoms with Crippen molar-refractivity contribution in [2.75, 3.05) is 32.4 Å². The molecule has 3 heterocycles. The van der Waals surface area contributed by atoms with Crippen LogP contribution in [0.3, 0.4) is 0 Å². The van der Waals surface area contributed by atoms with Crippen LogP contribution in [0.2, 0.25) is 0 Å². The number of benzene rings is 1. The molecular weight excluding hydrogens is 451 g/mol. The van der Waals surface area contributed by atoms with E-state index in [0.29, 0.717) is 23.5 Å². The number of esters is 1. The van der Waals surface area contributed by atoms with Crippen molar-refractivity contribution in [3.05, 3.63) is 43.0 Å². The summed E-state index contributed by atoms with van der Waals surface area (Å²) in [7, 11) is -2.46. The number of fused-ring (bicyclic) bond motifs is 1. The highest BCUT2D eigenvalue weighted by Crippen LogP contribution is 2.46. The molecule has 0 amide bonds. The maximum absolute atomic E-state index is 13.8. The topological polar surface area (TPSA) is 153 Å². The number of anilines is 1. The van der Waals surface area contributed by atoms with E-state index in [4.69, 9.17) is 24.5 Å². The van der Waals surface area contributed by atoms with Gasteiger partial charge < -0.3 is 29.0 Å². The second-order valence-electron chi connectivity index (χ2n) is 7.69. The van der Waals surface area contributed by atoms with Gasteiger partial charge in [0.2, 0.25) is 0 Å². The summed E-state index contributed by atoms with van der Waals surface area (Å²) in [6, 6.07) is 8.65. The van der Waals surface area contributed by atoms with E-state index < -0.39 is 25.1 Å². The van der Waals surface area contributed by atoms with Crippen LogP contribution in [0.4, 0.5) is 5.82 Å². The fourth-order valence-corrected chi connectivity index (χ4v) is 5.32. The van der Waals surface area contributed by atoms with Crippen molar-refractivity contribution in [2.24, 2.45) is 0 Å². The third kappa shape index (κ3) is 4.98. The van der Waals surface area contributed by atoms with Gasteiger partial charge in [-0.25, -0.2) is 24.8 Å². The number of nitrogens with one attached hydrogen (secondary N) is 1. The molecule has 33 heavy (non-hydrogen) atoms. The van der Waals surface area contributed by atoms with E-state index >= 15 is 0 Å². The van der Waals surface area contributed by atoms with Crippen LogP contribution in [0.25, 0.3) is 11.2 Å². The number of carbonyl (C=O) groups is 1. The highest BCUT2D eigenvalue weighted by Gasteiger charge is 2.52. The number of hydrogen-bond acceptors (Lipinski definition) is 10. The Balaban J connectivity index is 1.49. The van der Waals surface area contributed by atoms with Crippen LogP contribution in [0.5, 0.6) is 5.75 Å². The van der Waals surface area contributed by atoms with Crippen LogP contribution < -0.4 is 15.3 Å². The summed E-state index contributed by atoms with van der Waals surface area (Å²) < 4.78 is 37.3. The molecule has 0 aliphatic carbocycles. The van der Waals surface area contributed by atoms with E-state index in [1.807, 2.05) is 13.0 Å². The number of nitrogen functional groups attached to an aromatic ring is 1. The average Bonchev–Trinajstić information content (AvgIpc) is 3.19. The zero-order chi connectivity index (χ0) is 23.5. The normalized spacial score (nSPS) is 17.6. The van der Waals surface area contributed by atoms with Crippen LogP contribution in [-0.4, -0.2) is 63.8 Å². The lowest BCUT2D eigenvalue weighted by Gasteiger charge is -2.41. The number of nitrogens with zero attached hydrogens (tertiary/aromatic N) is 4. The smallest absolute Gasteiger partial charge is 0.343 e. The summed E-state index contributed by atoms with van der Waals surface area (Å²) in [5.41, 5.74) is 5.63. The Morgan fingerprint density at radius 3 is 2.73 bits per heavy atom. The monoisotopic (exact) mass is 476 g/mol. The largest absolute Gasteiger partial charge is 0.467 e. The van der Waals surface area contributed by atoms with Crippen molar-refractivity contribution >= 4 is 30.5 Å². The first-order valence-corrected chi connectivity index (χ1v) is 12.0. The Kier molecular flexibility index (Phi) is 6.61. The predicted octanol–water partition coefficient (Wildman–Crippen LogP) is 1.57. The number of hydrogen-bond donors (Lipinski definition) is 2. The number of para-hydroxylation sites is 1. The lowest BCUT2D eigenvalue weighted by atomic mass is 10.00. The molecule has 1 aromatic carbocycles. The van der Waals surface area contributed by atoms with Crippen molar-refractivity contribution in [2.45, 2.75) is 25.1 Å². The number of rotatable bonds is 10. The fraction of sp³-hybridized carbons (Fsp3) is 0.400. The third-order valence-electron chi connectivity index (χ3n) is 5.07. The van der Waals surface area contributed by atoms with Gasteiger partial charge in [0.05, 0.1) is 39.3 Å². The van der Waals surface area contributed by atoms with Crippen molar-refractivity contribution in [1.82, 2.24) is 24.6 Å². The Bertz CT molecular complexity index is 1170. The molecular formula is C20H25N6O6P. The van der Waals surface area contributed by atoms with Crippen LogP contribution in [0.1, 0.15) is 6.92 Å². The lowest BCUT2D eigenvalue weighted by molar-refractivity contribution is -0.167. The SMILES string of the molecule is COC(=O)C1(N[P@](=O)(CO[C@H](C)Cn2cnc3c(N)ncnc32)Oc2ccccc2)COC1. The highest BCUT2D eigenvalue weighted by atomic mass is 31.2. The van der Waals surface area contributed by atoms with Gasteiger partial charge in [-0.15, -0.1) is 0 Å². The Hall–Kier alpha value is -3.05. The van der Waals surface area contributed by atoms with Gasteiger partial charge in [-0.2, -0.15) is 0 Å². The minimum Gasteiger partial charge on any atom is -0.467 e. The zero-order valence-corrected chi connectivity index (χ0v) is 19.1. The van der Waals surface area contributed by atoms with Gasteiger partial charge in [-0.1, -0.05) is 18.2 Å². The van der Waals surface area contributed by atoms with Crippen LogP contribution >= 0.6 is 7.52 Å². The molecule has 3 N–H and O–H groups in total. The second-order valence-corrected chi connectivity index (χ2v) is 9.70. The van der Waals surface area contributed by atoms with Gasteiger partial charge in [0.15, 0.2) is 17.0 Å². The van der Waals surface area contributed by atoms with Crippen molar-refractivity contribution in [3.8, 4) is 5.75 Å². The molecule has 4 rings (SSSR count). The van der Waals surface area contributed by atoms with Crippen LogP contribution in [-0.2, 0) is 30.1 Å². The summed E-state index contributed by atoms with van der Waals surface area (Å²) in [4.78, 5) is 24.7. The Labute approximate surface area is 189 Å². The first-order valence-electron chi connectivity index (χ1n) is 10.2. The molecule has 0 unspecified atom stereocenters. The van der Waals surface area contributed by atoms with Crippen LogP contribution in [0, 0.1) is 0 Å². The first kappa shape index (κ1) is 23.1. The molecule has 13 heteroatoms. The first-order chi connectivity index (χ1) is 15.8. The summed E-state index contributed by atoms with van der Waals surface area (Å²) in [5, 5.41) is 2.85. The van der Waals surface area contributed by atoms with E-state index in [1.165, 1.54) is 13.4 Å². The average molecular weight is 476 g/mol. The molecule has 1 saturated heterocycles. The van der Waals surface area contributed by atoms with E-state index in [0.717, 1.165) is 0 Å². The second kappa shape index (κ2) is 9.44. The van der Waals surface area contributed by atoms with Crippen molar-refractivity contribution < 1.29 is 28.1 Å². The van der Waals surface area contributed by atoms with E-state index in [9.17, 15) is 9.36 Å². The molecule has 0 bridgehead atoms. The standard InChI is InChI=1S/C20H25N6O6P/c1-14(8-26-12-24-16-17(21)22-11-23-18(16)26)31-13-33(28,32-15-6-4-3-5-7-15)25-20(9-30-10-20)19(27)29-2/h3-7,11-12,14H,8-10,13H2,1-2H3,(H,25,28)(H2,21,22,23)/t14-,33+/m1/s1. The summed E-state index contributed by atoms with van der Waals surface area (Å²) in [5.74, 6) is 0.0755. The molecule has 1 fully saturated rings. The maximum atomic E-state index is 13.8. The number of aromatic nitrogens is 4. The van der Waals surface area contributed by atoms with Gasteiger partial charge >= 0.3 is 13.5 Å². The molecule has 0 saturated carbocycles. The zero-order valence-electron chi connectivity index (χ0n) is 18.2. The van der Waals surface area contributed by atoms with Gasteiger partial charge in [0, 0.05) is 0 Å². The van der Waals surface area contributed by atoms with E-state index in [-0.39, 0.29) is 25.4 Å². The molecule has 1 aliphatic rings. The summed E-state index contributed by atoms with van der Waals surface area (Å²) >= 11 is 0. The minimum absolute atomic E-state index is 0.0134. The summed E-state index contributed by atoms with van der Waals surface area (Å²) in [6.07, 6.45) is 2.25. The molecule has 1 aliphatic heterocycles. The number of imidazole rings is 1. The molecule has 2 aromatic heterocycles. The number of methoxy groups -OCH3 is 1. The quantitative estimate of drug-likeness (QED) is 0.324.